The van der Waals surface area contributed by atoms with Crippen molar-refractivity contribution in [3.8, 4) is 0 Å². The van der Waals surface area contributed by atoms with Crippen LogP contribution in [0.2, 0.25) is 0 Å². The predicted molar refractivity (Wildman–Crippen MR) is 109 cm³/mol. The van der Waals surface area contributed by atoms with Gasteiger partial charge in [-0.25, -0.2) is 13.0 Å². The van der Waals surface area contributed by atoms with E-state index in [1.54, 1.807) is 0 Å². The van der Waals surface area contributed by atoms with Gasteiger partial charge in [0.15, 0.2) is 12.4 Å². The van der Waals surface area contributed by atoms with Crippen molar-refractivity contribution in [2.45, 2.75) is 97.4 Å². The third kappa shape index (κ3) is 21.2. The molecule has 0 aliphatic rings. The van der Waals surface area contributed by atoms with E-state index >= 15 is 0 Å². The van der Waals surface area contributed by atoms with Crippen molar-refractivity contribution in [3.05, 3.63) is 30.6 Å². The minimum atomic E-state index is -4.48. The summed E-state index contributed by atoms with van der Waals surface area (Å²) < 4.78 is 36.7. The van der Waals surface area contributed by atoms with Crippen molar-refractivity contribution in [3.63, 3.8) is 0 Å². The van der Waals surface area contributed by atoms with Crippen LogP contribution in [-0.4, -0.2) is 19.6 Å². The molecule has 0 aliphatic carbocycles. The second-order valence-electron chi connectivity index (χ2n) is 6.88. The molecule has 0 aromatic carbocycles. The maximum atomic E-state index is 10.1. The first-order valence-electron chi connectivity index (χ1n) is 10.5. The summed E-state index contributed by atoms with van der Waals surface area (Å²) >= 11 is 0. The lowest BCUT2D eigenvalue weighted by Crippen LogP contribution is -2.31. The zero-order valence-electron chi connectivity index (χ0n) is 17.3. The van der Waals surface area contributed by atoms with Gasteiger partial charge in [0.2, 0.25) is 10.4 Å². The molecule has 1 heterocycles. The highest BCUT2D eigenvalue weighted by atomic mass is 32.3. The number of aromatic nitrogens is 1. The second kappa shape index (κ2) is 18.4. The Bertz CT molecular complexity index is 520. The first-order valence-corrected chi connectivity index (χ1v) is 11.9. The molecule has 0 unspecified atom stereocenters. The fraction of sp³-hybridized carbons (Fsp3) is 0.762. The maximum Gasteiger partial charge on any atom is 0.217 e. The molecule has 0 fully saturated rings. The van der Waals surface area contributed by atoms with Crippen LogP contribution in [0.1, 0.15) is 90.9 Å². The first kappa shape index (κ1) is 26.0. The number of unbranched alkanes of at least 4 members (excludes halogenated alkanes) is 10. The standard InChI is InChI=1S/C12H26O4S.C9H14N/c1-2-3-4-5-6-7-8-9-10-11-12-16-17(13,14)15;1-2-3-7-10-8-5-4-6-9-10/h2-12H2,1H3,(H,13,14,15);4-6,8-9H,2-3,7H2,1H3/q;+1/p-1. The zero-order chi connectivity index (χ0) is 20.2. The summed E-state index contributed by atoms with van der Waals surface area (Å²) in [6.45, 7) is 5.60. The van der Waals surface area contributed by atoms with Crippen LogP contribution in [0, 0.1) is 0 Å². The molecule has 0 radical (unpaired) electrons. The summed E-state index contributed by atoms with van der Waals surface area (Å²) in [5.74, 6) is 0. The molecule has 1 aromatic heterocycles. The number of hydrogen-bond donors (Lipinski definition) is 0. The van der Waals surface area contributed by atoms with E-state index in [0.717, 1.165) is 19.4 Å². The normalized spacial score (nSPS) is 11.1. The van der Waals surface area contributed by atoms with E-state index in [9.17, 15) is 13.0 Å². The van der Waals surface area contributed by atoms with Crippen LogP contribution in [0.25, 0.3) is 0 Å². The van der Waals surface area contributed by atoms with Crippen LogP contribution in [0.4, 0.5) is 0 Å². The van der Waals surface area contributed by atoms with Crippen molar-refractivity contribution < 1.29 is 21.7 Å². The molecule has 0 spiro atoms. The molecule has 0 N–H and O–H groups in total. The molecule has 158 valence electrons. The van der Waals surface area contributed by atoms with Gasteiger partial charge in [0.05, 0.1) is 6.61 Å². The molecule has 0 saturated carbocycles. The Hall–Kier alpha value is -0.980. The van der Waals surface area contributed by atoms with Crippen LogP contribution < -0.4 is 4.57 Å². The van der Waals surface area contributed by atoms with E-state index in [-0.39, 0.29) is 6.61 Å². The van der Waals surface area contributed by atoms with E-state index in [1.807, 2.05) is 6.07 Å². The minimum absolute atomic E-state index is 0.0301. The van der Waals surface area contributed by atoms with Crippen molar-refractivity contribution in [2.24, 2.45) is 0 Å². The summed E-state index contributed by atoms with van der Waals surface area (Å²) in [6, 6.07) is 6.17. The Morgan fingerprint density at radius 1 is 0.741 bits per heavy atom. The van der Waals surface area contributed by atoms with Crippen LogP contribution in [0.3, 0.4) is 0 Å². The fourth-order valence-electron chi connectivity index (χ4n) is 2.67. The quantitative estimate of drug-likeness (QED) is 0.176. The molecule has 6 heteroatoms. The van der Waals surface area contributed by atoms with E-state index in [1.165, 1.54) is 57.8 Å². The molecule has 0 bridgehead atoms. The molecule has 1 rings (SSSR count). The van der Waals surface area contributed by atoms with Crippen molar-refractivity contribution in [1.29, 1.82) is 0 Å². The Balaban J connectivity index is 0.000000569. The Morgan fingerprint density at radius 2 is 1.22 bits per heavy atom. The molecule has 0 atom stereocenters. The summed E-state index contributed by atoms with van der Waals surface area (Å²) in [4.78, 5) is 0. The number of pyridine rings is 1. The molecule has 1 aromatic rings. The number of rotatable bonds is 15. The van der Waals surface area contributed by atoms with Gasteiger partial charge in [0, 0.05) is 18.6 Å². The number of aryl methyl sites for hydroxylation is 1. The fourth-order valence-corrected chi connectivity index (χ4v) is 3.00. The van der Waals surface area contributed by atoms with Gasteiger partial charge in [-0.1, -0.05) is 84.1 Å². The summed E-state index contributed by atoms with van der Waals surface area (Å²) in [5.41, 5.74) is 0. The Morgan fingerprint density at radius 3 is 1.70 bits per heavy atom. The number of nitrogens with zero attached hydrogens (tertiary/aromatic N) is 1. The maximum absolute atomic E-state index is 10.1. The van der Waals surface area contributed by atoms with E-state index < -0.39 is 10.4 Å². The van der Waals surface area contributed by atoms with E-state index in [0.29, 0.717) is 6.42 Å². The molecule has 27 heavy (non-hydrogen) atoms. The highest BCUT2D eigenvalue weighted by Crippen LogP contribution is 2.10. The van der Waals surface area contributed by atoms with Gasteiger partial charge in [-0.2, -0.15) is 0 Å². The molecule has 0 aliphatic heterocycles. The third-order valence-electron chi connectivity index (χ3n) is 4.27. The highest BCUT2D eigenvalue weighted by molar-refractivity contribution is 7.80. The zero-order valence-corrected chi connectivity index (χ0v) is 18.1. The summed E-state index contributed by atoms with van der Waals surface area (Å²) in [7, 11) is -4.48. The van der Waals surface area contributed by atoms with Gasteiger partial charge in [-0.05, 0) is 6.42 Å². The van der Waals surface area contributed by atoms with Crippen molar-refractivity contribution >= 4 is 10.4 Å². The molecule has 0 saturated heterocycles. The van der Waals surface area contributed by atoms with E-state index in [4.69, 9.17) is 0 Å². The topological polar surface area (TPSA) is 70.3 Å². The largest absolute Gasteiger partial charge is 0.726 e. The van der Waals surface area contributed by atoms with Crippen LogP contribution in [0.5, 0.6) is 0 Å². The van der Waals surface area contributed by atoms with Gasteiger partial charge >= 0.3 is 0 Å². The van der Waals surface area contributed by atoms with Crippen molar-refractivity contribution in [2.75, 3.05) is 6.61 Å². The Kier molecular flexibility index (Phi) is 17.7. The minimum Gasteiger partial charge on any atom is -0.726 e. The van der Waals surface area contributed by atoms with Gasteiger partial charge in [0.1, 0.15) is 6.54 Å². The van der Waals surface area contributed by atoms with Crippen molar-refractivity contribution in [1.82, 2.24) is 0 Å². The average Bonchev–Trinajstić information content (AvgIpc) is 2.65. The van der Waals surface area contributed by atoms with Gasteiger partial charge < -0.3 is 4.55 Å². The average molecular weight is 402 g/mol. The smallest absolute Gasteiger partial charge is 0.217 e. The lowest BCUT2D eigenvalue weighted by molar-refractivity contribution is -0.697. The third-order valence-corrected chi connectivity index (χ3v) is 4.73. The van der Waals surface area contributed by atoms with Gasteiger partial charge in [-0.15, -0.1) is 0 Å². The summed E-state index contributed by atoms with van der Waals surface area (Å²) in [6.07, 6.45) is 18.5. The molecule has 0 amide bonds. The monoisotopic (exact) mass is 401 g/mol. The molecule has 5 nitrogen and oxygen atoms in total. The highest BCUT2D eigenvalue weighted by Gasteiger charge is 1.96. The first-order chi connectivity index (χ1) is 13.0. The lowest BCUT2D eigenvalue weighted by atomic mass is 10.1. The van der Waals surface area contributed by atoms with Crippen LogP contribution >= 0.6 is 0 Å². The van der Waals surface area contributed by atoms with Gasteiger partial charge in [-0.3, -0.25) is 4.18 Å². The SMILES string of the molecule is CCCCCCCCCCCCOS(=O)(=O)[O-].CCCC[n+]1ccccc1. The second-order valence-corrected chi connectivity index (χ2v) is 7.93. The van der Waals surface area contributed by atoms with E-state index in [2.05, 4.69) is 47.1 Å². The van der Waals surface area contributed by atoms with Crippen LogP contribution in [-0.2, 0) is 21.1 Å². The molecular formula is C21H39NO4S. The predicted octanol–water partition coefficient (Wildman–Crippen LogP) is 5.16. The van der Waals surface area contributed by atoms with Gasteiger partial charge in [0.25, 0.3) is 0 Å². The van der Waals surface area contributed by atoms with Crippen LogP contribution in [0.15, 0.2) is 30.6 Å². The Labute approximate surface area is 167 Å². The summed E-state index contributed by atoms with van der Waals surface area (Å²) in [5, 5.41) is 0. The lowest BCUT2D eigenvalue weighted by Gasteiger charge is -2.06. The molecular weight excluding hydrogens is 362 g/mol. The number of hydrogen-bond acceptors (Lipinski definition) is 4.